The molecule has 196 valence electrons. The third kappa shape index (κ3) is 8.17. The second kappa shape index (κ2) is 12.5. The molecule has 3 aromatic rings. The van der Waals surface area contributed by atoms with Gasteiger partial charge in [0.1, 0.15) is 11.6 Å². The van der Waals surface area contributed by atoms with Crippen LogP contribution in [0.4, 0.5) is 10.5 Å². The Bertz CT molecular complexity index is 1170. The van der Waals surface area contributed by atoms with E-state index in [1.807, 2.05) is 30.3 Å². The van der Waals surface area contributed by atoms with Crippen LogP contribution in [0, 0.1) is 6.92 Å². The number of aryl methyl sites for hydroxylation is 1. The van der Waals surface area contributed by atoms with Gasteiger partial charge in [0.05, 0.1) is 18.4 Å². The van der Waals surface area contributed by atoms with Crippen molar-refractivity contribution in [3.63, 3.8) is 0 Å². The minimum atomic E-state index is -1.26. The summed E-state index contributed by atoms with van der Waals surface area (Å²) < 4.78 is 5.27. The number of alkyl carbamates (subject to hydrolysis) is 1. The molecule has 3 rings (SSSR count). The van der Waals surface area contributed by atoms with E-state index in [9.17, 15) is 14.7 Å². The molecule has 37 heavy (non-hydrogen) atoms. The molecule has 0 bridgehead atoms. The molecule has 2 amide bonds. The maximum absolute atomic E-state index is 13.4. The summed E-state index contributed by atoms with van der Waals surface area (Å²) in [5.74, 6) is -0.609. The van der Waals surface area contributed by atoms with Crippen LogP contribution in [-0.2, 0) is 20.8 Å². The SMILES string of the molecule is Cc1ccccc1-c1ccc(CCON(C(=O)C(NC(=O)OC(C)(C)C)C(C)O)c2ccccc2)cc1. The van der Waals surface area contributed by atoms with Crippen molar-refractivity contribution in [2.75, 3.05) is 11.7 Å². The number of anilines is 1. The molecule has 0 aromatic heterocycles. The summed E-state index contributed by atoms with van der Waals surface area (Å²) in [4.78, 5) is 31.7. The molecule has 2 N–H and O–H groups in total. The van der Waals surface area contributed by atoms with Crippen LogP contribution in [0.5, 0.6) is 0 Å². The maximum Gasteiger partial charge on any atom is 0.408 e. The van der Waals surface area contributed by atoms with Gasteiger partial charge in [-0.2, -0.15) is 5.06 Å². The summed E-state index contributed by atoms with van der Waals surface area (Å²) in [5, 5.41) is 13.9. The summed E-state index contributed by atoms with van der Waals surface area (Å²) in [6.07, 6.45) is -1.42. The Hall–Kier alpha value is -3.68. The zero-order chi connectivity index (χ0) is 27.0. The molecule has 2 atom stereocenters. The predicted octanol–water partition coefficient (Wildman–Crippen LogP) is 5.44. The highest BCUT2D eigenvalue weighted by Gasteiger charge is 2.33. The third-order valence-electron chi connectivity index (χ3n) is 5.63. The highest BCUT2D eigenvalue weighted by atomic mass is 16.7. The van der Waals surface area contributed by atoms with E-state index in [0.717, 1.165) is 16.2 Å². The Morgan fingerprint density at radius 2 is 1.57 bits per heavy atom. The topological polar surface area (TPSA) is 88.1 Å². The molecule has 0 saturated carbocycles. The van der Waals surface area contributed by atoms with Gasteiger partial charge in [-0.1, -0.05) is 66.7 Å². The zero-order valence-corrected chi connectivity index (χ0v) is 22.1. The molecule has 0 aliphatic heterocycles. The summed E-state index contributed by atoms with van der Waals surface area (Å²) in [6.45, 7) is 8.89. The quantitative estimate of drug-likeness (QED) is 0.379. The standard InChI is InChI=1S/C30H36N2O5/c1-21-11-9-10-14-26(21)24-17-15-23(16-18-24)19-20-36-32(25-12-7-6-8-13-25)28(34)27(22(2)33)31-29(35)37-30(3,4)5/h6-18,22,27,33H,19-20H2,1-5H3,(H,31,35). The van der Waals surface area contributed by atoms with Crippen molar-refractivity contribution in [2.45, 2.75) is 58.8 Å². The van der Waals surface area contributed by atoms with Gasteiger partial charge in [0.25, 0.3) is 5.91 Å². The van der Waals surface area contributed by atoms with Gasteiger partial charge in [0.2, 0.25) is 0 Å². The van der Waals surface area contributed by atoms with Crippen molar-refractivity contribution in [1.29, 1.82) is 0 Å². The predicted molar refractivity (Wildman–Crippen MR) is 145 cm³/mol. The molecule has 3 aromatic carbocycles. The number of rotatable bonds is 9. The number of benzene rings is 3. The lowest BCUT2D eigenvalue weighted by Crippen LogP contribution is -2.54. The second-order valence-electron chi connectivity index (χ2n) is 9.93. The van der Waals surface area contributed by atoms with Gasteiger partial charge < -0.3 is 15.2 Å². The van der Waals surface area contributed by atoms with E-state index < -0.39 is 29.7 Å². The number of aliphatic hydroxyl groups is 1. The van der Waals surface area contributed by atoms with Crippen LogP contribution in [0.2, 0.25) is 0 Å². The first-order valence-corrected chi connectivity index (χ1v) is 12.4. The Labute approximate surface area is 219 Å². The normalized spacial score (nSPS) is 12.9. The largest absolute Gasteiger partial charge is 0.444 e. The molecular weight excluding hydrogens is 468 g/mol. The Balaban J connectivity index is 1.71. The second-order valence-corrected chi connectivity index (χ2v) is 9.93. The average Bonchev–Trinajstić information content (AvgIpc) is 2.85. The third-order valence-corrected chi connectivity index (χ3v) is 5.63. The molecule has 0 aliphatic carbocycles. The first-order chi connectivity index (χ1) is 17.5. The Morgan fingerprint density at radius 1 is 0.946 bits per heavy atom. The molecule has 7 heteroatoms. The number of hydrogen-bond acceptors (Lipinski definition) is 5. The molecular formula is C30H36N2O5. The van der Waals surface area contributed by atoms with Crippen molar-refractivity contribution in [3.05, 3.63) is 90.0 Å². The molecule has 0 heterocycles. The highest BCUT2D eigenvalue weighted by molar-refractivity contribution is 5.97. The van der Waals surface area contributed by atoms with Gasteiger partial charge in [0, 0.05) is 0 Å². The fourth-order valence-electron chi connectivity index (χ4n) is 3.78. The fourth-order valence-corrected chi connectivity index (χ4v) is 3.78. The lowest BCUT2D eigenvalue weighted by molar-refractivity contribution is -0.130. The van der Waals surface area contributed by atoms with Crippen LogP contribution < -0.4 is 10.4 Å². The van der Waals surface area contributed by atoms with Gasteiger partial charge in [-0.15, -0.1) is 0 Å². The lowest BCUT2D eigenvalue weighted by Gasteiger charge is -2.29. The molecule has 2 unspecified atom stereocenters. The number of nitrogens with one attached hydrogen (secondary N) is 1. The number of para-hydroxylation sites is 1. The van der Waals surface area contributed by atoms with E-state index in [1.54, 1.807) is 45.0 Å². The molecule has 0 aliphatic rings. The number of hydrogen-bond donors (Lipinski definition) is 2. The van der Waals surface area contributed by atoms with Crippen molar-refractivity contribution in [3.8, 4) is 11.1 Å². The Kier molecular flexibility index (Phi) is 9.44. The van der Waals surface area contributed by atoms with Gasteiger partial charge >= 0.3 is 6.09 Å². The van der Waals surface area contributed by atoms with Crippen LogP contribution in [-0.4, -0.2) is 41.5 Å². The maximum atomic E-state index is 13.4. The van der Waals surface area contributed by atoms with Crippen molar-refractivity contribution in [1.82, 2.24) is 5.32 Å². The summed E-state index contributed by atoms with van der Waals surface area (Å²) in [6, 6.07) is 24.0. The van der Waals surface area contributed by atoms with Gasteiger partial charge in [0.15, 0.2) is 0 Å². The number of aliphatic hydroxyl groups excluding tert-OH is 1. The monoisotopic (exact) mass is 504 g/mol. The number of carbonyl (C=O) groups excluding carboxylic acids is 2. The van der Waals surface area contributed by atoms with E-state index in [1.165, 1.54) is 18.1 Å². The molecule has 0 spiro atoms. The number of ether oxygens (including phenoxy) is 1. The first-order valence-electron chi connectivity index (χ1n) is 12.4. The minimum absolute atomic E-state index is 0.212. The molecule has 0 saturated heterocycles. The Morgan fingerprint density at radius 3 is 2.16 bits per heavy atom. The molecule has 7 nitrogen and oxygen atoms in total. The smallest absolute Gasteiger partial charge is 0.408 e. The minimum Gasteiger partial charge on any atom is -0.444 e. The van der Waals surface area contributed by atoms with Crippen LogP contribution >= 0.6 is 0 Å². The molecule has 0 fully saturated rings. The van der Waals surface area contributed by atoms with Crippen LogP contribution in [0.1, 0.15) is 38.8 Å². The number of hydroxylamine groups is 1. The van der Waals surface area contributed by atoms with Crippen molar-refractivity contribution >= 4 is 17.7 Å². The number of nitrogens with zero attached hydrogens (tertiary/aromatic N) is 1. The average molecular weight is 505 g/mol. The van der Waals surface area contributed by atoms with Crippen LogP contribution in [0.15, 0.2) is 78.9 Å². The summed E-state index contributed by atoms with van der Waals surface area (Å²) >= 11 is 0. The van der Waals surface area contributed by atoms with E-state index in [2.05, 4.69) is 36.5 Å². The summed E-state index contributed by atoms with van der Waals surface area (Å²) in [5.41, 5.74) is 4.32. The van der Waals surface area contributed by atoms with Crippen LogP contribution in [0.3, 0.4) is 0 Å². The molecule has 0 radical (unpaired) electrons. The first kappa shape index (κ1) is 27.9. The van der Waals surface area contributed by atoms with Gasteiger partial charge in [-0.05, 0) is 75.4 Å². The van der Waals surface area contributed by atoms with Crippen LogP contribution in [0.25, 0.3) is 11.1 Å². The van der Waals surface area contributed by atoms with Gasteiger partial charge in [-0.3, -0.25) is 9.63 Å². The lowest BCUT2D eigenvalue weighted by atomic mass is 9.99. The zero-order valence-electron chi connectivity index (χ0n) is 22.1. The fraction of sp³-hybridized carbons (Fsp3) is 0.333. The van der Waals surface area contributed by atoms with E-state index in [0.29, 0.717) is 12.1 Å². The number of amides is 2. The van der Waals surface area contributed by atoms with E-state index in [4.69, 9.17) is 9.57 Å². The van der Waals surface area contributed by atoms with Gasteiger partial charge in [-0.25, -0.2) is 4.79 Å². The van der Waals surface area contributed by atoms with E-state index >= 15 is 0 Å². The highest BCUT2D eigenvalue weighted by Crippen LogP contribution is 2.24. The number of carbonyl (C=O) groups is 2. The van der Waals surface area contributed by atoms with E-state index in [-0.39, 0.29) is 6.61 Å². The van der Waals surface area contributed by atoms with Crippen molar-refractivity contribution < 1.29 is 24.3 Å². The van der Waals surface area contributed by atoms with Crippen molar-refractivity contribution in [2.24, 2.45) is 0 Å². The summed E-state index contributed by atoms with van der Waals surface area (Å²) in [7, 11) is 0.